The molecule has 1 aromatic heterocycles. The van der Waals surface area contributed by atoms with E-state index in [-0.39, 0.29) is 28.3 Å². The van der Waals surface area contributed by atoms with Gasteiger partial charge in [0.25, 0.3) is 5.91 Å². The summed E-state index contributed by atoms with van der Waals surface area (Å²) >= 11 is 0. The zero-order chi connectivity index (χ0) is 29.4. The number of nitrogens with one attached hydrogen (secondary N) is 1. The molecular formula is C30H35NO9. The molecular weight excluding hydrogens is 518 g/mol. The van der Waals surface area contributed by atoms with Gasteiger partial charge < -0.3 is 39.3 Å². The van der Waals surface area contributed by atoms with Crippen LogP contribution in [0.3, 0.4) is 0 Å². The summed E-state index contributed by atoms with van der Waals surface area (Å²) in [6, 6.07) is 9.26. The molecule has 2 heterocycles. The molecule has 0 bridgehead atoms. The van der Waals surface area contributed by atoms with E-state index in [9.17, 15) is 24.9 Å². The highest BCUT2D eigenvalue weighted by Gasteiger charge is 2.50. The van der Waals surface area contributed by atoms with Gasteiger partial charge in [0.2, 0.25) is 6.29 Å². The summed E-state index contributed by atoms with van der Waals surface area (Å²) in [5, 5.41) is 34.3. The second kappa shape index (κ2) is 11.4. The van der Waals surface area contributed by atoms with Gasteiger partial charge in [0, 0.05) is 23.6 Å². The lowest BCUT2D eigenvalue weighted by molar-refractivity contribution is -0.306. The number of amides is 1. The number of allylic oxidation sites excluding steroid dienone is 2. The number of fused-ring (bicyclic) bond motifs is 1. The molecule has 214 valence electrons. The number of phenols is 1. The van der Waals surface area contributed by atoms with Crippen LogP contribution in [-0.2, 0) is 15.9 Å². The fourth-order valence-electron chi connectivity index (χ4n) is 4.75. The quantitative estimate of drug-likeness (QED) is 0.253. The number of methoxy groups -OCH3 is 1. The Morgan fingerprint density at radius 2 is 1.85 bits per heavy atom. The van der Waals surface area contributed by atoms with Crippen LogP contribution >= 0.6 is 0 Å². The molecule has 0 radical (unpaired) electrons. The molecule has 40 heavy (non-hydrogen) atoms. The molecule has 4 N–H and O–H groups in total. The number of hydrogen-bond donors (Lipinski definition) is 4. The van der Waals surface area contributed by atoms with Crippen molar-refractivity contribution in [2.24, 2.45) is 0 Å². The molecule has 1 aliphatic heterocycles. The number of anilines is 1. The zero-order valence-corrected chi connectivity index (χ0v) is 23.3. The van der Waals surface area contributed by atoms with E-state index in [1.165, 1.54) is 25.3 Å². The van der Waals surface area contributed by atoms with Crippen molar-refractivity contribution >= 4 is 22.6 Å². The number of carbonyl (C=O) groups is 1. The molecule has 4 rings (SSSR count). The van der Waals surface area contributed by atoms with Gasteiger partial charge in [-0.1, -0.05) is 11.6 Å². The van der Waals surface area contributed by atoms with E-state index in [1.54, 1.807) is 39.0 Å². The summed E-state index contributed by atoms with van der Waals surface area (Å²) in [7, 11) is 1.42. The van der Waals surface area contributed by atoms with Crippen LogP contribution in [0.4, 0.5) is 5.69 Å². The number of carbonyl (C=O) groups excluding carboxylic acids is 1. The number of ether oxygens (including phenoxy) is 3. The first-order chi connectivity index (χ1) is 18.8. The highest BCUT2D eigenvalue weighted by Crippen LogP contribution is 2.35. The summed E-state index contributed by atoms with van der Waals surface area (Å²) < 4.78 is 22.6. The van der Waals surface area contributed by atoms with E-state index in [4.69, 9.17) is 18.6 Å². The van der Waals surface area contributed by atoms with Gasteiger partial charge in [-0.05, 0) is 83.0 Å². The fourth-order valence-corrected chi connectivity index (χ4v) is 4.75. The summed E-state index contributed by atoms with van der Waals surface area (Å²) in [6.07, 6.45) is -2.21. The van der Waals surface area contributed by atoms with Crippen LogP contribution in [0.25, 0.3) is 11.0 Å². The molecule has 10 nitrogen and oxygen atoms in total. The standard InChI is InChI=1S/C30H35NO9/c1-15(2)7-8-17-13-19(9-11-21(17)32)27(35)31-20-14-18-10-12-22(16(3)25(18)39-28(20)36)38-29-24(34)23(33)26(37-6)30(4,5)40-29/h7,9-14,23-24,26,29,32-34H,8H2,1-6H3,(H,31,35). The summed E-state index contributed by atoms with van der Waals surface area (Å²) in [5.74, 6) is -0.167. The number of benzene rings is 2. The molecule has 3 aromatic rings. The van der Waals surface area contributed by atoms with E-state index in [1.807, 2.05) is 19.9 Å². The third kappa shape index (κ3) is 5.90. The minimum absolute atomic E-state index is 0.0500. The van der Waals surface area contributed by atoms with E-state index < -0.39 is 41.7 Å². The van der Waals surface area contributed by atoms with Crippen LogP contribution in [-0.4, -0.2) is 58.5 Å². The van der Waals surface area contributed by atoms with Gasteiger partial charge in [-0.3, -0.25) is 4.79 Å². The van der Waals surface area contributed by atoms with Crippen molar-refractivity contribution in [1.29, 1.82) is 0 Å². The Morgan fingerprint density at radius 1 is 1.12 bits per heavy atom. The van der Waals surface area contributed by atoms with Crippen LogP contribution in [0.5, 0.6) is 11.5 Å². The van der Waals surface area contributed by atoms with Crippen molar-refractivity contribution in [3.05, 3.63) is 75.2 Å². The lowest BCUT2D eigenvalue weighted by atomic mass is 9.89. The number of rotatable bonds is 7. The third-order valence-corrected chi connectivity index (χ3v) is 6.96. The average molecular weight is 554 g/mol. The first-order valence-electron chi connectivity index (χ1n) is 12.9. The molecule has 10 heteroatoms. The summed E-state index contributed by atoms with van der Waals surface area (Å²) in [6.45, 7) is 9.00. The predicted molar refractivity (Wildman–Crippen MR) is 149 cm³/mol. The van der Waals surface area contributed by atoms with Gasteiger partial charge in [-0.15, -0.1) is 0 Å². The Bertz CT molecular complexity index is 1500. The molecule has 1 amide bonds. The van der Waals surface area contributed by atoms with Crippen molar-refractivity contribution in [3.63, 3.8) is 0 Å². The molecule has 1 fully saturated rings. The molecule has 4 unspecified atom stereocenters. The highest BCUT2D eigenvalue weighted by atomic mass is 16.7. The first kappa shape index (κ1) is 29.3. The molecule has 0 spiro atoms. The Hall–Kier alpha value is -3.70. The van der Waals surface area contributed by atoms with E-state index in [2.05, 4.69) is 5.32 Å². The number of hydrogen-bond acceptors (Lipinski definition) is 9. The SMILES string of the molecule is COC1C(O)C(O)C(Oc2ccc3cc(NC(=O)c4ccc(O)c(CC=C(C)C)c4)c(=O)oc3c2C)OC1(C)C. The normalized spacial score (nSPS) is 22.1. The van der Waals surface area contributed by atoms with E-state index >= 15 is 0 Å². The number of phenolic OH excluding ortho intramolecular Hbond substituents is 1. The molecule has 1 aliphatic rings. The Kier molecular flexibility index (Phi) is 8.36. The zero-order valence-electron chi connectivity index (χ0n) is 23.3. The van der Waals surface area contributed by atoms with Crippen molar-refractivity contribution in [1.82, 2.24) is 0 Å². The molecule has 2 aromatic carbocycles. The maximum atomic E-state index is 12.9. The summed E-state index contributed by atoms with van der Waals surface area (Å²) in [5.41, 5.74) is 0.872. The smallest absolute Gasteiger partial charge is 0.360 e. The minimum Gasteiger partial charge on any atom is -0.508 e. The van der Waals surface area contributed by atoms with Crippen molar-refractivity contribution < 1.29 is 38.7 Å². The monoisotopic (exact) mass is 553 g/mol. The van der Waals surface area contributed by atoms with Crippen LogP contribution in [0, 0.1) is 6.92 Å². The highest BCUT2D eigenvalue weighted by molar-refractivity contribution is 6.05. The number of aliphatic hydroxyl groups is 2. The topological polar surface area (TPSA) is 148 Å². The largest absolute Gasteiger partial charge is 0.508 e. The Labute approximate surface area is 231 Å². The van der Waals surface area contributed by atoms with Gasteiger partial charge >= 0.3 is 5.63 Å². The van der Waals surface area contributed by atoms with Crippen LogP contribution in [0.2, 0.25) is 0 Å². The van der Waals surface area contributed by atoms with Crippen LogP contribution in [0.15, 0.2) is 57.3 Å². The van der Waals surface area contributed by atoms with Crippen LogP contribution in [0.1, 0.15) is 49.2 Å². The van der Waals surface area contributed by atoms with Gasteiger partial charge in [-0.2, -0.15) is 0 Å². The number of aliphatic hydroxyl groups excluding tert-OH is 2. The first-order valence-corrected chi connectivity index (χ1v) is 12.9. The molecule has 0 saturated carbocycles. The average Bonchev–Trinajstić information content (AvgIpc) is 2.89. The Morgan fingerprint density at radius 3 is 2.52 bits per heavy atom. The number of aryl methyl sites for hydroxylation is 1. The van der Waals surface area contributed by atoms with Gasteiger partial charge in [0.05, 0.1) is 5.60 Å². The fraction of sp³-hybridized carbons (Fsp3) is 0.400. The second-order valence-corrected chi connectivity index (χ2v) is 10.7. The van der Waals surface area contributed by atoms with Crippen molar-refractivity contribution in [2.75, 3.05) is 12.4 Å². The predicted octanol–water partition coefficient (Wildman–Crippen LogP) is 3.82. The molecule has 1 saturated heterocycles. The lowest BCUT2D eigenvalue weighted by Crippen LogP contribution is -2.63. The van der Waals surface area contributed by atoms with E-state index in [0.717, 1.165) is 5.57 Å². The van der Waals surface area contributed by atoms with Gasteiger partial charge in [0.1, 0.15) is 41.1 Å². The third-order valence-electron chi connectivity index (χ3n) is 6.96. The lowest BCUT2D eigenvalue weighted by Gasteiger charge is -2.46. The maximum Gasteiger partial charge on any atom is 0.360 e. The summed E-state index contributed by atoms with van der Waals surface area (Å²) in [4.78, 5) is 25.7. The number of aromatic hydroxyl groups is 1. The second-order valence-electron chi connectivity index (χ2n) is 10.7. The van der Waals surface area contributed by atoms with E-state index in [0.29, 0.717) is 22.9 Å². The molecule has 0 aliphatic carbocycles. The Balaban J connectivity index is 1.57. The van der Waals surface area contributed by atoms with Crippen molar-refractivity contribution in [2.45, 2.75) is 71.2 Å². The van der Waals surface area contributed by atoms with Crippen molar-refractivity contribution in [3.8, 4) is 11.5 Å². The minimum atomic E-state index is -1.39. The van der Waals surface area contributed by atoms with Gasteiger partial charge in [-0.25, -0.2) is 4.79 Å². The molecule has 4 atom stereocenters. The maximum absolute atomic E-state index is 12.9. The van der Waals surface area contributed by atoms with Crippen LogP contribution < -0.4 is 15.7 Å². The van der Waals surface area contributed by atoms with Gasteiger partial charge in [0.15, 0.2) is 0 Å².